The molecular formula is C89H99Cl2N9O33. The summed E-state index contributed by atoms with van der Waals surface area (Å²) < 4.78 is 57.7. The van der Waals surface area contributed by atoms with E-state index in [1.807, 2.05) is 0 Å². The summed E-state index contributed by atoms with van der Waals surface area (Å²) in [5.41, 5.74) is 3.11. The maximum atomic E-state index is 14.3. The Morgan fingerprint density at radius 3 is 1.67 bits per heavy atom. The summed E-state index contributed by atoms with van der Waals surface area (Å²) in [4.78, 5) is 50.0. The molecule has 712 valence electrons. The summed E-state index contributed by atoms with van der Waals surface area (Å²) in [7, 11) is 0. The van der Waals surface area contributed by atoms with Crippen molar-refractivity contribution in [2.45, 2.75) is 213 Å². The largest absolute Gasteiger partial charge is 0.508 e. The van der Waals surface area contributed by atoms with Gasteiger partial charge in [-0.15, -0.1) is 0 Å². The lowest BCUT2D eigenvalue weighted by molar-refractivity contribution is -0.279. The fraction of sp³-hybridized carbons (Fsp3) is 0.427. The van der Waals surface area contributed by atoms with Gasteiger partial charge in [0.05, 0.1) is 29.9 Å². The molecule has 0 spiro atoms. The summed E-state index contributed by atoms with van der Waals surface area (Å²) in [6.07, 6.45) is -24.5. The molecule has 0 amide bonds. The van der Waals surface area contributed by atoms with Gasteiger partial charge < -0.3 is 166 Å². The third-order valence-electron chi connectivity index (χ3n) is 23.1. The van der Waals surface area contributed by atoms with Crippen LogP contribution in [0.25, 0.3) is 11.1 Å². The third kappa shape index (κ3) is 21.3. The highest BCUT2D eigenvalue weighted by Gasteiger charge is 2.51. The van der Waals surface area contributed by atoms with Crippen LogP contribution < -0.4 is 29.4 Å². The van der Waals surface area contributed by atoms with Gasteiger partial charge in [0, 0.05) is 48.6 Å². The molecule has 9 aliphatic heterocycles. The van der Waals surface area contributed by atoms with E-state index in [1.54, 1.807) is 0 Å². The van der Waals surface area contributed by atoms with Gasteiger partial charge in [-0.1, -0.05) is 93.4 Å². The maximum Gasteiger partial charge on any atom is 0.333 e. The highest BCUT2D eigenvalue weighted by atomic mass is 35.5. The number of ether oxygens (including phenoxy) is 9. The number of phenolic OH excluding ortho intramolecular Hbond substituents is 4. The molecule has 0 radical (unpaired) electrons. The van der Waals surface area contributed by atoms with E-state index in [4.69, 9.17) is 76.6 Å². The van der Waals surface area contributed by atoms with E-state index in [0.29, 0.717) is 18.8 Å². The number of fused-ring (bicyclic) bond motifs is 12. The maximum absolute atomic E-state index is 14.3. The molecule has 0 saturated carbocycles. The highest BCUT2D eigenvalue weighted by Crippen LogP contribution is 2.52. The first-order chi connectivity index (χ1) is 63.4. The molecule has 9 heterocycles. The summed E-state index contributed by atoms with van der Waals surface area (Å²) in [6, 6.07) is 1.27. The van der Waals surface area contributed by atoms with E-state index in [9.17, 15) is 122 Å². The number of aliphatic imine (C=N–C) groups is 8. The normalized spacial score (nSPS) is 29.2. The van der Waals surface area contributed by atoms with Gasteiger partial charge in [0.25, 0.3) is 0 Å². The quantitative estimate of drug-likeness (QED) is 0.0194. The average molecular weight is 1890 g/mol. The molecule has 17 bridgehead atoms. The van der Waals surface area contributed by atoms with E-state index in [1.165, 1.54) is 36.4 Å². The van der Waals surface area contributed by atoms with E-state index < -0.39 is 304 Å². The number of hydrogen-bond acceptors (Lipinski definition) is 33. The van der Waals surface area contributed by atoms with Crippen molar-refractivity contribution >= 4 is 76.4 Å². The predicted molar refractivity (Wildman–Crippen MR) is 473 cm³/mol. The zero-order chi connectivity index (χ0) is 95.6. The molecule has 16 rings (SSSR count). The number of aliphatic carboxylic acids is 1. The number of nitrogens with zero attached hydrogens (tertiary/aromatic N) is 8. The molecule has 3 fully saturated rings. The van der Waals surface area contributed by atoms with Crippen molar-refractivity contribution in [2.75, 3.05) is 19.8 Å². The second-order valence-corrected chi connectivity index (χ2v) is 33.9. The fourth-order valence-electron chi connectivity index (χ4n) is 16.2. The lowest BCUT2D eigenvalue weighted by atomic mass is 9.90. The number of aliphatic hydroxyl groups excluding tert-OH is 18. The topological polar surface area (TPSA) is 690 Å². The molecule has 25 N–H and O–H groups in total. The monoisotopic (exact) mass is 1890 g/mol. The molecule has 23 atom stereocenters. The summed E-state index contributed by atoms with van der Waals surface area (Å²) in [5.74, 6) is -17.6. The zero-order valence-electron chi connectivity index (χ0n) is 70.9. The number of halogens is 2. The SMILES string of the molecule is CC(O)=NC1C(O[C@@H]2c3ccc(c(Cl)c3)Oc3cc4cc(c3OC3OC(CO)C(O)C(O)C3N=C(O)CCCCCCCC(C)C)Oc3ccc(cc3Cl)C[C@H]3N=C(O)[C@H](N)c5ccc(O)c(c5)Oc5cc(O)cc(c5)[C@H](N=C3O)C(O)=N[C@H]4C(O)=N[C@H]3C(O)=N[C@@H]2C(O)=N[C@H](C(=O)O)c2cc(O)cc(OC4OC(CO)C(O)C(O)C4O)c2-c2cc3ccc2O)OC(CO)C(O)C1O. The minimum Gasteiger partial charge on any atom is -0.508 e. The van der Waals surface area contributed by atoms with Crippen molar-refractivity contribution in [1.82, 2.24) is 0 Å². The van der Waals surface area contributed by atoms with Crippen LogP contribution in [0, 0.1) is 5.92 Å². The number of rotatable bonds is 20. The van der Waals surface area contributed by atoms with Crippen LogP contribution in [0.5, 0.6) is 69.0 Å². The van der Waals surface area contributed by atoms with Crippen molar-refractivity contribution in [2.24, 2.45) is 51.6 Å². The molecule has 133 heavy (non-hydrogen) atoms. The van der Waals surface area contributed by atoms with E-state index in [2.05, 4.69) is 48.8 Å². The van der Waals surface area contributed by atoms with Crippen molar-refractivity contribution in [3.63, 3.8) is 0 Å². The smallest absolute Gasteiger partial charge is 0.333 e. The van der Waals surface area contributed by atoms with Crippen molar-refractivity contribution in [3.05, 3.63) is 164 Å². The highest BCUT2D eigenvalue weighted by molar-refractivity contribution is 6.32. The first-order valence-electron chi connectivity index (χ1n) is 42.2. The predicted octanol–water partition coefficient (Wildman–Crippen LogP) is 8.13. The summed E-state index contributed by atoms with van der Waals surface area (Å²) in [6.45, 7) is 2.16. The Morgan fingerprint density at radius 1 is 0.489 bits per heavy atom. The number of carbonyl (C=O) groups is 1. The van der Waals surface area contributed by atoms with E-state index >= 15 is 0 Å². The lowest BCUT2D eigenvalue weighted by Gasteiger charge is -2.42. The third-order valence-corrected chi connectivity index (χ3v) is 23.7. The lowest BCUT2D eigenvalue weighted by Crippen LogP contribution is -2.60. The Kier molecular flexibility index (Phi) is 30.0. The Labute approximate surface area is 765 Å². The van der Waals surface area contributed by atoms with Gasteiger partial charge >= 0.3 is 5.97 Å². The van der Waals surface area contributed by atoms with Crippen LogP contribution in [0.4, 0.5) is 0 Å². The minimum atomic E-state index is -2.63. The van der Waals surface area contributed by atoms with Crippen LogP contribution in [0.1, 0.15) is 141 Å². The molecule has 0 aliphatic carbocycles. The fourth-order valence-corrected chi connectivity index (χ4v) is 16.7. The average Bonchev–Trinajstić information content (AvgIpc) is 0.755. The number of carboxylic acid groups (broad SMARTS) is 1. The van der Waals surface area contributed by atoms with E-state index in [-0.39, 0.29) is 50.9 Å². The van der Waals surface area contributed by atoms with Gasteiger partial charge in [-0.25, -0.2) is 44.7 Å². The van der Waals surface area contributed by atoms with Crippen LogP contribution >= 0.6 is 23.2 Å². The van der Waals surface area contributed by atoms with Crippen LogP contribution in [0.2, 0.25) is 10.0 Å². The number of aliphatic hydroxyl groups is 18. The number of nitrogens with two attached hydrogens (primary N) is 1. The number of phenols is 4. The van der Waals surface area contributed by atoms with Gasteiger partial charge in [-0.3, -0.25) is 0 Å². The van der Waals surface area contributed by atoms with E-state index in [0.717, 1.165) is 111 Å². The molecule has 42 nitrogen and oxygen atoms in total. The van der Waals surface area contributed by atoms with Gasteiger partial charge in [0.15, 0.2) is 71.3 Å². The van der Waals surface area contributed by atoms with Crippen LogP contribution in [0.15, 0.2) is 155 Å². The first kappa shape index (κ1) is 97.0. The number of aromatic hydroxyl groups is 4. The zero-order valence-corrected chi connectivity index (χ0v) is 72.4. The standard InChI is InChI=1S/C89H99Cl2N9O33/c1-34(2)9-7-5-4-6-8-10-61(109)95-69-75(114)72(111)59(32-102)130-88(69)133-79-56-26-41-27-57(79)127-53-18-14-39(24-48(53)91)78(132-87-68(93-35(3)104)74(113)71(110)58(31-101)129-87)70-85(122)99-67(86(123)124)46-29-43(106)30-55(128-89-77(116)76(115)73(112)60(33-103)131-89)62(46)45-23-38(13-15-50(45)107)64(82(119)100-70)97-84(121)66(41)98-83(120)65-40-21-42(105)28-44(22-40)125-54-25-37(12-16-51(54)108)63(92)81(118)94-49(80(117)96-65)20-36-11-17-52(126-56)47(90)19-36/h11-19,21-30,34,49,58-60,63-78,87-89,101-103,105-108,110-116H,4-10,20,31-33,92H2,1-3H3,(H,93,104)(H,94,118)(H,95,109)(H,96,117)(H,97,121)(H,98,120)(H,99,122)(H,100,119)(H,123,124)/t49-,58?,59?,60?,63-,64-,65+,66-,67+,68?,69?,70+,71?,72?,73?,74?,75?,76?,77?,78-,87?,88?,89?/m1/s1. The molecular weight excluding hydrogens is 1790 g/mol. The molecule has 7 aromatic rings. The molecule has 9 aliphatic rings. The van der Waals surface area contributed by atoms with Gasteiger partial charge in [-0.2, -0.15) is 0 Å². The molecule has 0 aromatic heterocycles. The summed E-state index contributed by atoms with van der Waals surface area (Å²) in [5, 5.41) is 272. The van der Waals surface area contributed by atoms with Crippen LogP contribution in [-0.2, 0) is 30.2 Å². The van der Waals surface area contributed by atoms with Gasteiger partial charge in [0.2, 0.25) is 53.7 Å². The second-order valence-electron chi connectivity index (χ2n) is 33.1. The molecule has 3 saturated heterocycles. The van der Waals surface area contributed by atoms with Gasteiger partial charge in [-0.05, 0) is 125 Å². The molecule has 7 aromatic carbocycles. The Morgan fingerprint density at radius 2 is 1.04 bits per heavy atom. The Hall–Kier alpha value is -12.0. The first-order valence-corrected chi connectivity index (χ1v) is 42.9. The number of hydrogen-bond donors (Lipinski definition) is 24. The molecule has 44 heteroatoms. The van der Waals surface area contributed by atoms with Gasteiger partial charge in [0.1, 0.15) is 132 Å². The van der Waals surface area contributed by atoms with Crippen molar-refractivity contribution in [3.8, 4) is 80.1 Å². The Balaban J connectivity index is 1.08. The minimum absolute atomic E-state index is 0.0740. The van der Waals surface area contributed by atoms with Crippen molar-refractivity contribution in [1.29, 1.82) is 0 Å². The number of carboxylic acids is 1. The number of benzene rings is 7. The van der Waals surface area contributed by atoms with Crippen molar-refractivity contribution < 1.29 is 165 Å². The van der Waals surface area contributed by atoms with Crippen LogP contribution in [-0.4, -0.2) is 294 Å². The second kappa shape index (κ2) is 41.2. The molecule has 15 unspecified atom stereocenters. The summed E-state index contributed by atoms with van der Waals surface area (Å²) >= 11 is 14.8. The number of unbranched alkanes of at least 4 members (excludes halogenated alkanes) is 4. The Bertz CT molecular complexity index is 5720. The van der Waals surface area contributed by atoms with Crippen LogP contribution in [0.3, 0.4) is 0 Å².